The van der Waals surface area contributed by atoms with Crippen molar-refractivity contribution in [3.8, 4) is 5.69 Å². The fraction of sp³-hybridized carbons (Fsp3) is 0.471. The second-order valence-electron chi connectivity index (χ2n) is 6.39. The number of nitrogens with zero attached hydrogens (tertiary/aromatic N) is 4. The highest BCUT2D eigenvalue weighted by molar-refractivity contribution is 5.93. The first-order valence-corrected chi connectivity index (χ1v) is 8.13. The van der Waals surface area contributed by atoms with Gasteiger partial charge in [-0.1, -0.05) is 18.2 Å². The summed E-state index contributed by atoms with van der Waals surface area (Å²) in [5.74, 6) is -0.604. The van der Waals surface area contributed by atoms with E-state index < -0.39 is 24.7 Å². The first-order chi connectivity index (χ1) is 11.8. The van der Waals surface area contributed by atoms with E-state index in [1.165, 1.54) is 4.80 Å². The monoisotopic (exact) mass is 352 g/mol. The van der Waals surface area contributed by atoms with Crippen molar-refractivity contribution in [3.05, 3.63) is 41.7 Å². The van der Waals surface area contributed by atoms with Crippen LogP contribution in [-0.4, -0.2) is 44.6 Å². The molecule has 0 N–H and O–H groups in total. The molecule has 0 aliphatic heterocycles. The molecular weight excluding hydrogens is 333 g/mol. The van der Waals surface area contributed by atoms with Gasteiger partial charge in [-0.3, -0.25) is 4.79 Å². The molecule has 1 saturated carbocycles. The van der Waals surface area contributed by atoms with E-state index in [0.717, 1.165) is 17.7 Å². The smallest absolute Gasteiger partial charge is 0.325 e. The lowest BCUT2D eigenvalue weighted by molar-refractivity contribution is -0.144. The maximum Gasteiger partial charge on any atom is 0.406 e. The summed E-state index contributed by atoms with van der Waals surface area (Å²) in [4.78, 5) is 14.9. The number of carbonyl (C=O) groups excluding carboxylic acids is 1. The van der Waals surface area contributed by atoms with Gasteiger partial charge in [0.1, 0.15) is 6.54 Å². The lowest BCUT2D eigenvalue weighted by Crippen LogP contribution is -2.45. The summed E-state index contributed by atoms with van der Waals surface area (Å²) >= 11 is 0. The maximum absolute atomic E-state index is 13.0. The van der Waals surface area contributed by atoms with Crippen LogP contribution in [0, 0.1) is 12.8 Å². The fourth-order valence-electron chi connectivity index (χ4n) is 2.82. The van der Waals surface area contributed by atoms with Crippen LogP contribution in [0.3, 0.4) is 0 Å². The van der Waals surface area contributed by atoms with Crippen molar-refractivity contribution in [2.75, 3.05) is 6.54 Å². The SMILES string of the molecule is Cc1nn(-c2ccccc2)nc1C(=O)N(CC(F)(F)F)[C@H](C)C1CC1. The van der Waals surface area contributed by atoms with Gasteiger partial charge in [0.15, 0.2) is 5.69 Å². The molecule has 1 atom stereocenters. The second-order valence-corrected chi connectivity index (χ2v) is 6.39. The Morgan fingerprint density at radius 3 is 2.48 bits per heavy atom. The van der Waals surface area contributed by atoms with Crippen LogP contribution in [0.2, 0.25) is 0 Å². The number of para-hydroxylation sites is 1. The largest absolute Gasteiger partial charge is 0.406 e. The van der Waals surface area contributed by atoms with E-state index in [1.807, 2.05) is 6.07 Å². The number of hydrogen-bond acceptors (Lipinski definition) is 3. The van der Waals surface area contributed by atoms with Crippen LogP contribution in [0.4, 0.5) is 13.2 Å². The third-order valence-corrected chi connectivity index (χ3v) is 4.38. The van der Waals surface area contributed by atoms with Crippen LogP contribution in [0.1, 0.15) is 35.9 Å². The molecule has 1 amide bonds. The van der Waals surface area contributed by atoms with Gasteiger partial charge < -0.3 is 4.90 Å². The van der Waals surface area contributed by atoms with Gasteiger partial charge in [-0.2, -0.15) is 23.1 Å². The van der Waals surface area contributed by atoms with E-state index in [4.69, 9.17) is 0 Å². The predicted molar refractivity (Wildman–Crippen MR) is 85.4 cm³/mol. The molecule has 8 heteroatoms. The molecule has 1 aromatic carbocycles. The van der Waals surface area contributed by atoms with E-state index >= 15 is 0 Å². The van der Waals surface area contributed by atoms with Gasteiger partial charge in [-0.25, -0.2) is 0 Å². The van der Waals surface area contributed by atoms with Crippen LogP contribution in [-0.2, 0) is 0 Å². The Hall–Kier alpha value is -2.38. The first kappa shape index (κ1) is 17.4. The molecule has 0 saturated heterocycles. The van der Waals surface area contributed by atoms with Gasteiger partial charge in [0, 0.05) is 6.04 Å². The lowest BCUT2D eigenvalue weighted by Gasteiger charge is -2.29. The highest BCUT2D eigenvalue weighted by Crippen LogP contribution is 2.36. The molecule has 1 aliphatic carbocycles. The predicted octanol–water partition coefficient (Wildman–Crippen LogP) is 3.38. The second kappa shape index (κ2) is 6.50. The minimum atomic E-state index is -4.46. The molecule has 3 rings (SSSR count). The Bertz CT molecular complexity index is 753. The molecule has 0 radical (unpaired) electrons. The van der Waals surface area contributed by atoms with Crippen LogP contribution in [0.15, 0.2) is 30.3 Å². The number of amides is 1. The van der Waals surface area contributed by atoms with E-state index in [1.54, 1.807) is 38.1 Å². The topological polar surface area (TPSA) is 51.0 Å². The minimum Gasteiger partial charge on any atom is -0.325 e. The van der Waals surface area contributed by atoms with Gasteiger partial charge in [-0.05, 0) is 44.7 Å². The summed E-state index contributed by atoms with van der Waals surface area (Å²) in [6, 6.07) is 8.45. The van der Waals surface area contributed by atoms with Crippen molar-refractivity contribution in [3.63, 3.8) is 0 Å². The van der Waals surface area contributed by atoms with E-state index in [9.17, 15) is 18.0 Å². The molecule has 2 aromatic rings. The van der Waals surface area contributed by atoms with Crippen LogP contribution < -0.4 is 0 Å². The van der Waals surface area contributed by atoms with E-state index in [2.05, 4.69) is 10.2 Å². The lowest BCUT2D eigenvalue weighted by atomic mass is 10.1. The van der Waals surface area contributed by atoms with Crippen molar-refractivity contribution in [2.45, 2.75) is 38.9 Å². The van der Waals surface area contributed by atoms with Crippen LogP contribution in [0.25, 0.3) is 5.69 Å². The summed E-state index contributed by atoms with van der Waals surface area (Å²) in [5, 5.41) is 8.32. The molecule has 25 heavy (non-hydrogen) atoms. The Balaban J connectivity index is 1.90. The number of rotatable bonds is 5. The van der Waals surface area contributed by atoms with E-state index in [0.29, 0.717) is 11.4 Å². The zero-order valence-corrected chi connectivity index (χ0v) is 14.0. The number of aromatic nitrogens is 3. The van der Waals surface area contributed by atoms with Crippen molar-refractivity contribution < 1.29 is 18.0 Å². The molecule has 1 aliphatic rings. The molecule has 1 aromatic heterocycles. The van der Waals surface area contributed by atoms with Gasteiger partial charge in [0.25, 0.3) is 5.91 Å². The zero-order valence-electron chi connectivity index (χ0n) is 14.0. The molecule has 0 spiro atoms. The number of alkyl halides is 3. The van der Waals surface area contributed by atoms with Crippen molar-refractivity contribution in [1.82, 2.24) is 19.9 Å². The summed E-state index contributed by atoms with van der Waals surface area (Å²) in [5.41, 5.74) is 0.909. The molecule has 0 unspecified atom stereocenters. The standard InChI is InChI=1S/C17H19F3N4O/c1-11-15(22-24(21-11)14-6-4-3-5-7-14)16(25)23(10-17(18,19)20)12(2)13-8-9-13/h3-7,12-13H,8-10H2,1-2H3/t12-/m1/s1. The highest BCUT2D eigenvalue weighted by atomic mass is 19.4. The van der Waals surface area contributed by atoms with Crippen LogP contribution in [0.5, 0.6) is 0 Å². The first-order valence-electron chi connectivity index (χ1n) is 8.13. The van der Waals surface area contributed by atoms with Gasteiger partial charge in [-0.15, -0.1) is 5.10 Å². The number of aryl methyl sites for hydroxylation is 1. The summed E-state index contributed by atoms with van der Waals surface area (Å²) in [7, 11) is 0. The Morgan fingerprint density at radius 1 is 1.28 bits per heavy atom. The van der Waals surface area contributed by atoms with E-state index in [-0.39, 0.29) is 11.6 Å². The number of hydrogen-bond donors (Lipinski definition) is 0. The molecular formula is C17H19F3N4O. The van der Waals surface area contributed by atoms with Gasteiger partial charge >= 0.3 is 6.18 Å². The van der Waals surface area contributed by atoms with Crippen LogP contribution >= 0.6 is 0 Å². The number of benzene rings is 1. The van der Waals surface area contributed by atoms with Crippen molar-refractivity contribution in [1.29, 1.82) is 0 Å². The minimum absolute atomic E-state index is 0.0411. The Morgan fingerprint density at radius 2 is 1.92 bits per heavy atom. The summed E-state index contributed by atoms with van der Waals surface area (Å²) < 4.78 is 38.9. The van der Waals surface area contributed by atoms with Gasteiger partial charge in [0.2, 0.25) is 0 Å². The highest BCUT2D eigenvalue weighted by Gasteiger charge is 2.41. The normalized spacial score (nSPS) is 15.9. The molecule has 1 fully saturated rings. The number of carbonyl (C=O) groups is 1. The molecule has 134 valence electrons. The Kier molecular flexibility index (Phi) is 4.53. The average molecular weight is 352 g/mol. The average Bonchev–Trinajstić information content (AvgIpc) is 3.34. The molecule has 5 nitrogen and oxygen atoms in total. The van der Waals surface area contributed by atoms with Crippen molar-refractivity contribution in [2.24, 2.45) is 5.92 Å². The summed E-state index contributed by atoms with van der Waals surface area (Å²) in [6.45, 7) is 1.96. The molecule has 1 heterocycles. The molecule has 0 bridgehead atoms. The quantitative estimate of drug-likeness (QED) is 0.829. The third-order valence-electron chi connectivity index (χ3n) is 4.38. The third kappa shape index (κ3) is 4.00. The zero-order chi connectivity index (χ0) is 18.2. The Labute approximate surface area is 143 Å². The summed E-state index contributed by atoms with van der Waals surface area (Å²) in [6.07, 6.45) is -2.76. The fourth-order valence-corrected chi connectivity index (χ4v) is 2.82. The van der Waals surface area contributed by atoms with Gasteiger partial charge in [0.05, 0.1) is 11.4 Å². The van der Waals surface area contributed by atoms with Crippen molar-refractivity contribution >= 4 is 5.91 Å². The maximum atomic E-state index is 13.0. The number of halogens is 3.